The quantitative estimate of drug-likeness (QED) is 0.891. The van der Waals surface area contributed by atoms with Crippen LogP contribution in [0.1, 0.15) is 19.3 Å². The number of amides is 1. The van der Waals surface area contributed by atoms with Crippen molar-refractivity contribution in [1.82, 2.24) is 9.88 Å². The van der Waals surface area contributed by atoms with Gasteiger partial charge in [-0.05, 0) is 31.5 Å². The van der Waals surface area contributed by atoms with Crippen LogP contribution in [0.25, 0.3) is 0 Å². The van der Waals surface area contributed by atoms with Crippen molar-refractivity contribution in [2.75, 3.05) is 25.0 Å². The fourth-order valence-corrected chi connectivity index (χ4v) is 2.28. The summed E-state index contributed by atoms with van der Waals surface area (Å²) in [5.74, 6) is 0.113. The highest BCUT2D eigenvalue weighted by molar-refractivity contribution is 5.90. The largest absolute Gasteiger partial charge is 0.325 e. The molecule has 1 atom stereocenters. The molecule has 2 rings (SSSR count). The first-order chi connectivity index (χ1) is 9.28. The van der Waals surface area contributed by atoms with Gasteiger partial charge in [0, 0.05) is 25.7 Å². The molecule has 5 heteroatoms. The van der Waals surface area contributed by atoms with Crippen molar-refractivity contribution in [3.63, 3.8) is 0 Å². The molecule has 0 aromatic carbocycles. The average Bonchev–Trinajstić information content (AvgIpc) is 2.46. The molecular formula is C14H18N4O. The third-order valence-electron chi connectivity index (χ3n) is 3.29. The molecule has 1 aliphatic rings. The van der Waals surface area contributed by atoms with Crippen LogP contribution < -0.4 is 5.32 Å². The van der Waals surface area contributed by atoms with E-state index >= 15 is 0 Å². The number of carbonyl (C=O) groups excluding carboxylic acids is 1. The zero-order valence-electron chi connectivity index (χ0n) is 10.9. The molecule has 1 N–H and O–H groups in total. The van der Waals surface area contributed by atoms with E-state index in [0.717, 1.165) is 31.6 Å². The van der Waals surface area contributed by atoms with Gasteiger partial charge in [0.05, 0.1) is 23.9 Å². The normalized spacial score (nSPS) is 19.6. The van der Waals surface area contributed by atoms with Crippen LogP contribution in [-0.4, -0.2) is 35.4 Å². The highest BCUT2D eigenvalue weighted by atomic mass is 16.1. The number of nitriles is 1. The molecule has 2 heterocycles. The van der Waals surface area contributed by atoms with Crippen LogP contribution in [0, 0.1) is 17.2 Å². The van der Waals surface area contributed by atoms with Gasteiger partial charge in [-0.15, -0.1) is 0 Å². The zero-order chi connectivity index (χ0) is 13.5. The van der Waals surface area contributed by atoms with E-state index in [9.17, 15) is 4.79 Å². The molecule has 0 radical (unpaired) electrons. The van der Waals surface area contributed by atoms with Crippen LogP contribution in [0.15, 0.2) is 24.5 Å². The van der Waals surface area contributed by atoms with E-state index in [-0.39, 0.29) is 11.8 Å². The zero-order valence-corrected chi connectivity index (χ0v) is 10.9. The van der Waals surface area contributed by atoms with Crippen LogP contribution in [0.5, 0.6) is 0 Å². The van der Waals surface area contributed by atoms with E-state index in [1.807, 2.05) is 6.07 Å². The lowest BCUT2D eigenvalue weighted by Gasteiger charge is -2.29. The van der Waals surface area contributed by atoms with Crippen molar-refractivity contribution >= 4 is 11.6 Å². The van der Waals surface area contributed by atoms with Gasteiger partial charge in [0.2, 0.25) is 5.91 Å². The monoisotopic (exact) mass is 258 g/mol. The minimum Gasteiger partial charge on any atom is -0.325 e. The molecule has 1 fully saturated rings. The van der Waals surface area contributed by atoms with Gasteiger partial charge < -0.3 is 10.2 Å². The molecule has 5 nitrogen and oxygen atoms in total. The summed E-state index contributed by atoms with van der Waals surface area (Å²) < 4.78 is 0. The summed E-state index contributed by atoms with van der Waals surface area (Å²) in [4.78, 5) is 17.9. The first-order valence-electron chi connectivity index (χ1n) is 6.60. The smallest absolute Gasteiger partial charge is 0.225 e. The predicted octanol–water partition coefficient (Wildman–Crippen LogP) is 1.65. The summed E-state index contributed by atoms with van der Waals surface area (Å²) in [7, 11) is 0. The summed E-state index contributed by atoms with van der Waals surface area (Å²) in [5, 5.41) is 11.7. The van der Waals surface area contributed by atoms with Crippen LogP contribution in [-0.2, 0) is 4.79 Å². The second-order valence-electron chi connectivity index (χ2n) is 4.81. The number of likely N-dealkylation sites (tertiary alicyclic amines) is 1. The predicted molar refractivity (Wildman–Crippen MR) is 72.3 cm³/mol. The van der Waals surface area contributed by atoms with E-state index in [2.05, 4.69) is 21.3 Å². The lowest BCUT2D eigenvalue weighted by molar-refractivity contribution is -0.116. The minimum absolute atomic E-state index is 0.00733. The van der Waals surface area contributed by atoms with Crippen molar-refractivity contribution < 1.29 is 4.79 Å². The molecular weight excluding hydrogens is 240 g/mol. The SMILES string of the molecule is N#CC1CCCN(CCC(=O)Nc2cccnc2)C1. The summed E-state index contributed by atoms with van der Waals surface area (Å²) >= 11 is 0. The molecule has 1 aliphatic heterocycles. The Morgan fingerprint density at radius 1 is 1.63 bits per heavy atom. The summed E-state index contributed by atoms with van der Waals surface area (Å²) in [6.07, 6.45) is 5.78. The molecule has 0 bridgehead atoms. The number of hydrogen-bond acceptors (Lipinski definition) is 4. The van der Waals surface area contributed by atoms with E-state index < -0.39 is 0 Å². The van der Waals surface area contributed by atoms with Gasteiger partial charge >= 0.3 is 0 Å². The van der Waals surface area contributed by atoms with Gasteiger partial charge in [0.1, 0.15) is 0 Å². The molecule has 1 aromatic rings. The van der Waals surface area contributed by atoms with Crippen molar-refractivity contribution in [3.05, 3.63) is 24.5 Å². The third-order valence-corrected chi connectivity index (χ3v) is 3.29. The Kier molecular flexibility index (Phi) is 4.87. The molecule has 1 aromatic heterocycles. The van der Waals surface area contributed by atoms with Gasteiger partial charge in [-0.25, -0.2) is 0 Å². The molecule has 19 heavy (non-hydrogen) atoms. The Morgan fingerprint density at radius 3 is 3.26 bits per heavy atom. The summed E-state index contributed by atoms with van der Waals surface area (Å²) in [5.41, 5.74) is 0.723. The maximum Gasteiger partial charge on any atom is 0.225 e. The maximum absolute atomic E-state index is 11.8. The van der Waals surface area contributed by atoms with Gasteiger partial charge in [-0.2, -0.15) is 5.26 Å². The van der Waals surface area contributed by atoms with E-state index in [1.165, 1.54) is 0 Å². The fraction of sp³-hybridized carbons (Fsp3) is 0.500. The minimum atomic E-state index is -0.00733. The number of rotatable bonds is 4. The van der Waals surface area contributed by atoms with E-state index in [0.29, 0.717) is 13.0 Å². The molecule has 0 saturated carbocycles. The lowest BCUT2D eigenvalue weighted by atomic mass is 10.00. The number of anilines is 1. The van der Waals surface area contributed by atoms with Gasteiger partial charge in [-0.1, -0.05) is 0 Å². The Bertz CT molecular complexity index is 454. The second kappa shape index (κ2) is 6.86. The molecule has 1 amide bonds. The van der Waals surface area contributed by atoms with Crippen molar-refractivity contribution in [1.29, 1.82) is 5.26 Å². The number of aromatic nitrogens is 1. The van der Waals surface area contributed by atoms with E-state index in [4.69, 9.17) is 5.26 Å². The number of carbonyl (C=O) groups is 1. The molecule has 100 valence electrons. The highest BCUT2D eigenvalue weighted by Crippen LogP contribution is 2.15. The topological polar surface area (TPSA) is 69.0 Å². The highest BCUT2D eigenvalue weighted by Gasteiger charge is 2.19. The first-order valence-corrected chi connectivity index (χ1v) is 6.60. The second-order valence-corrected chi connectivity index (χ2v) is 4.81. The number of nitrogens with zero attached hydrogens (tertiary/aromatic N) is 3. The number of hydrogen-bond donors (Lipinski definition) is 1. The van der Waals surface area contributed by atoms with Gasteiger partial charge in [0.15, 0.2) is 0 Å². The molecule has 0 spiro atoms. The third kappa shape index (κ3) is 4.34. The fourth-order valence-electron chi connectivity index (χ4n) is 2.28. The van der Waals surface area contributed by atoms with Crippen LogP contribution in [0.2, 0.25) is 0 Å². The molecule has 0 aliphatic carbocycles. The number of nitrogens with one attached hydrogen (secondary N) is 1. The Morgan fingerprint density at radius 2 is 2.53 bits per heavy atom. The number of pyridine rings is 1. The van der Waals surface area contributed by atoms with Crippen LogP contribution in [0.4, 0.5) is 5.69 Å². The summed E-state index contributed by atoms with van der Waals surface area (Å²) in [6, 6.07) is 5.92. The average molecular weight is 258 g/mol. The molecule has 1 unspecified atom stereocenters. The van der Waals surface area contributed by atoms with Gasteiger partial charge in [0.25, 0.3) is 0 Å². The van der Waals surface area contributed by atoms with Crippen molar-refractivity contribution in [2.45, 2.75) is 19.3 Å². The van der Waals surface area contributed by atoms with Crippen LogP contribution in [0.3, 0.4) is 0 Å². The van der Waals surface area contributed by atoms with Crippen LogP contribution >= 0.6 is 0 Å². The summed E-state index contributed by atoms with van der Waals surface area (Å²) in [6.45, 7) is 2.49. The van der Waals surface area contributed by atoms with Crippen molar-refractivity contribution in [2.24, 2.45) is 5.92 Å². The van der Waals surface area contributed by atoms with Crippen molar-refractivity contribution in [3.8, 4) is 6.07 Å². The number of piperidine rings is 1. The lowest BCUT2D eigenvalue weighted by Crippen LogP contribution is -2.36. The Balaban J connectivity index is 1.73. The first kappa shape index (κ1) is 13.5. The molecule has 1 saturated heterocycles. The maximum atomic E-state index is 11.8. The van der Waals surface area contributed by atoms with E-state index in [1.54, 1.807) is 18.5 Å². The Labute approximate surface area is 113 Å². The van der Waals surface area contributed by atoms with Gasteiger partial charge in [-0.3, -0.25) is 9.78 Å². The standard InChI is InChI=1S/C14H18N4O/c15-9-12-3-2-7-18(11-12)8-5-14(19)17-13-4-1-6-16-10-13/h1,4,6,10,12H,2-3,5,7-8,11H2,(H,17,19). The Hall–Kier alpha value is -1.93.